The van der Waals surface area contributed by atoms with Crippen LogP contribution in [-0.4, -0.2) is 233 Å². The van der Waals surface area contributed by atoms with Gasteiger partial charge in [-0.3, -0.25) is 43.3 Å². The average Bonchev–Trinajstić information content (AvgIpc) is 0.760. The Labute approximate surface area is 724 Å². The van der Waals surface area contributed by atoms with Gasteiger partial charge in [0.1, 0.15) is 95.5 Å². The molecule has 8 heterocycles. The molecule has 5 aromatic rings. The number of carbonyl (C=O) groups is 9. The topological polar surface area (TPSA) is 587 Å². The summed E-state index contributed by atoms with van der Waals surface area (Å²) in [6.07, 6.45) is -16.3. The Morgan fingerprint density at radius 2 is 1.24 bits per heavy atom. The maximum Gasteiger partial charge on any atom is 0.324 e. The number of imide groups is 1. The molecule has 15 rings (SSSR count). The van der Waals surface area contributed by atoms with Crippen molar-refractivity contribution in [1.29, 1.82) is 0 Å². The first-order valence-corrected chi connectivity index (χ1v) is 42.4. The Balaban J connectivity index is 1.06. The first-order chi connectivity index (χ1) is 59.3. The first kappa shape index (κ1) is 92.5. The van der Waals surface area contributed by atoms with E-state index in [4.69, 9.17) is 66.7 Å². The molecule has 9 unspecified atom stereocenters. The minimum atomic E-state index is -2.36. The number of halogens is 1. The number of nitrogens with two attached hydrogens (primary N) is 3. The van der Waals surface area contributed by atoms with E-state index in [-0.39, 0.29) is 64.4 Å². The number of hydrogen-bond acceptors (Lipinski definition) is 29. The zero-order valence-electron chi connectivity index (χ0n) is 70.0. The Morgan fingerprint density at radius 3 is 1.86 bits per heavy atom. The number of urea groups is 1. The molecular formula is C86H111ClN12O26. The third kappa shape index (κ3) is 20.5. The molecule has 2 aliphatic carbocycles. The molecule has 0 spiro atoms. The maximum absolute atomic E-state index is 16.7. The molecule has 0 aromatic heterocycles. The largest absolute Gasteiger partial charge is 0.508 e. The summed E-state index contributed by atoms with van der Waals surface area (Å²) in [7, 11) is 1.49. The molecule has 0 radical (unpaired) electrons. The van der Waals surface area contributed by atoms with E-state index in [0.29, 0.717) is 38.5 Å². The highest BCUT2D eigenvalue weighted by molar-refractivity contribution is 6.32. The fraction of sp³-hybridized carbons (Fsp3) is 0.547. The monoisotopic (exact) mass is 1760 g/mol. The predicted octanol–water partition coefficient (Wildman–Crippen LogP) is 2.81. The molecular weight excluding hydrogens is 1650 g/mol. The molecule has 8 aliphatic heterocycles. The van der Waals surface area contributed by atoms with Gasteiger partial charge >= 0.3 is 6.03 Å². The number of aromatic hydroxyl groups is 3. The van der Waals surface area contributed by atoms with Crippen LogP contribution in [0.5, 0.6) is 46.0 Å². The number of amides is 10. The third-order valence-electron chi connectivity index (χ3n) is 24.4. The number of fused-ring (bicyclic) bond motifs is 15. The number of phenols is 3. The number of nitrogens with one attached hydrogen (secondary N) is 8. The lowest BCUT2D eigenvalue weighted by molar-refractivity contribution is -0.333. The minimum Gasteiger partial charge on any atom is -0.508 e. The van der Waals surface area contributed by atoms with Crippen LogP contribution in [0, 0.1) is 5.92 Å². The highest BCUT2D eigenvalue weighted by Crippen LogP contribution is 2.50. The number of benzene rings is 5. The van der Waals surface area contributed by atoms with E-state index in [1.54, 1.807) is 0 Å². The summed E-state index contributed by atoms with van der Waals surface area (Å²) < 4.78 is 52.6. The number of nitrogens with zero attached hydrogens (tertiary/aromatic N) is 1. The van der Waals surface area contributed by atoms with Crippen molar-refractivity contribution in [2.75, 3.05) is 13.7 Å². The predicted molar refractivity (Wildman–Crippen MR) is 442 cm³/mol. The number of likely N-dealkylation sites (N-methyl/N-ethyl adjacent to an activating group) is 1. The van der Waals surface area contributed by atoms with E-state index in [1.165, 1.54) is 71.1 Å². The van der Waals surface area contributed by atoms with Crippen LogP contribution in [0.1, 0.15) is 190 Å². The van der Waals surface area contributed by atoms with Gasteiger partial charge < -0.3 is 144 Å². The van der Waals surface area contributed by atoms with Crippen LogP contribution in [0.4, 0.5) is 4.79 Å². The van der Waals surface area contributed by atoms with Crippen LogP contribution in [0.25, 0.3) is 11.1 Å². The zero-order chi connectivity index (χ0) is 90.1. The molecule has 11 bridgehead atoms. The quantitative estimate of drug-likeness (QED) is 0.0636. The van der Waals surface area contributed by atoms with Crippen LogP contribution in [-0.2, 0) is 62.0 Å². The third-order valence-corrected chi connectivity index (χ3v) is 24.7. The number of primary amides is 1. The van der Waals surface area contributed by atoms with Gasteiger partial charge in [0.05, 0.1) is 48.5 Å². The minimum absolute atomic E-state index is 0.0219. The lowest BCUT2D eigenvalue weighted by atomic mass is 9.86. The van der Waals surface area contributed by atoms with Gasteiger partial charge in [0, 0.05) is 53.2 Å². The summed E-state index contributed by atoms with van der Waals surface area (Å²) in [4.78, 5) is 141. The molecule has 23 N–H and O–H groups in total. The SMILES string of the molecule is CNC(CC(C)C)C(=O)NC1C(=O)NC(CC(N)=O)C(=O)NC2C(=O)NC3C(=O)NC(C(=O)NC(C(=O)N(C(=O)NC4CCCCC4)C4CCCCC4)c4cc(O)cc(O)c4-c4cc3ccc4O)C(O[C@@H]3C[C@@](C)(N)[C@H](O)[C@@H](C)O3)c3ccc(cc3)Oc3cc2cc(c3O[C@H]2O[C@@H](CO)[C@H](O)[C@@H](O)[C@@H]2O[C@@H]2C[C@@](C)(N)[C@H](O)[C@@H](C)O2)Oc2ccc(cc2Cl)C1O. The lowest BCUT2D eigenvalue weighted by Gasteiger charge is -2.47. The molecule has 5 aromatic carbocycles. The zero-order valence-corrected chi connectivity index (χ0v) is 70.7. The van der Waals surface area contributed by atoms with Crippen molar-refractivity contribution in [2.24, 2.45) is 23.1 Å². The molecule has 125 heavy (non-hydrogen) atoms. The van der Waals surface area contributed by atoms with Gasteiger partial charge in [0.25, 0.3) is 5.91 Å². The summed E-state index contributed by atoms with van der Waals surface area (Å²) >= 11 is 7.21. The number of carbonyl (C=O) groups excluding carboxylic acids is 9. The molecule has 5 fully saturated rings. The van der Waals surface area contributed by atoms with Crippen molar-refractivity contribution in [1.82, 2.24) is 47.4 Å². The van der Waals surface area contributed by atoms with E-state index in [0.717, 1.165) is 79.1 Å². The van der Waals surface area contributed by atoms with E-state index in [9.17, 15) is 55.5 Å². The van der Waals surface area contributed by atoms with Gasteiger partial charge in [0.15, 0.2) is 30.2 Å². The molecule has 678 valence electrons. The lowest BCUT2D eigenvalue weighted by Crippen LogP contribution is -2.64. The van der Waals surface area contributed by atoms with Crippen molar-refractivity contribution in [3.63, 3.8) is 0 Å². The summed E-state index contributed by atoms with van der Waals surface area (Å²) in [5, 5.41) is 128. The molecule has 3 saturated heterocycles. The second-order valence-corrected chi connectivity index (χ2v) is 35.0. The summed E-state index contributed by atoms with van der Waals surface area (Å²) in [6, 6.07) is 0.250. The van der Waals surface area contributed by atoms with E-state index >= 15 is 33.6 Å². The Morgan fingerprint density at radius 1 is 0.640 bits per heavy atom. The van der Waals surface area contributed by atoms with Gasteiger partial charge in [0.2, 0.25) is 53.4 Å². The molecule has 39 heteroatoms. The Kier molecular flexibility index (Phi) is 28.6. The standard InChI is InChI=1S/C86H111ClN12O26/c1-37(2)26-51(91-7)76(110)97-66-68(105)42-21-25-55(50(87)28-42)121-57-30-43-29-56(72(57)125-83-73(70(107)69(106)58(36-100)122-83)124-61-35-86(6,90)75(109)39(4)119-61)120-47-22-18-40(19-23-47)71(123-60-34-85(5,89)74(108)38(3)118-60)67-81(115)96-65(82(116)99(45-16-12-9-13-17-45)84(117)92-44-14-10-8-11-15-44)49-31-46(101)32-54(103)62(49)48-27-41(20-24-53(48)102)63(78(112)98-67)95-79(113)64(43)94-77(111)52(33-59(88)104)93-80(66)114/h18-25,27-32,37-39,44-45,51-52,58,60-61,63-71,73-75,83,91,100-103,105-109H,8-17,26,33-36,89-90H2,1-7H3,(H2,88,104)(H,92,117)(H,93,114)(H,94,111)(H,95,113)(H,96,115)(H,97,110)(H,98,112)/t38-,39-,51?,52?,58+,60-,61-,63?,64?,65?,66?,67?,68?,69+,70-,71?,73+,74-,75-,83-,85-,86-/m1/s1. The van der Waals surface area contributed by atoms with E-state index in [2.05, 4.69) is 42.5 Å². The summed E-state index contributed by atoms with van der Waals surface area (Å²) in [5.74, 6) is -14.5. The van der Waals surface area contributed by atoms with Gasteiger partial charge in [-0.25, -0.2) is 4.79 Å². The summed E-state index contributed by atoms with van der Waals surface area (Å²) in [5.41, 5.74) is 14.2. The Bertz CT molecular complexity index is 4840. The number of phenolic OH excluding ortho intramolecular Hbond substituents is 3. The van der Waals surface area contributed by atoms with Gasteiger partial charge in [-0.15, -0.1) is 0 Å². The van der Waals surface area contributed by atoms with Crippen molar-refractivity contribution in [2.45, 2.75) is 277 Å². The number of aliphatic hydroxyl groups excluding tert-OH is 6. The van der Waals surface area contributed by atoms with Gasteiger partial charge in [-0.05, 0) is 155 Å². The second-order valence-electron chi connectivity index (χ2n) is 34.6. The summed E-state index contributed by atoms with van der Waals surface area (Å²) in [6.45, 7) is 8.74. The van der Waals surface area contributed by atoms with E-state index in [1.807, 2.05) is 13.8 Å². The molecule has 2 saturated carbocycles. The van der Waals surface area contributed by atoms with Crippen LogP contribution in [0.15, 0.2) is 84.9 Å². The maximum atomic E-state index is 16.7. The highest BCUT2D eigenvalue weighted by Gasteiger charge is 2.53. The average molecular weight is 1760 g/mol. The van der Waals surface area contributed by atoms with Crippen molar-refractivity contribution < 1.29 is 127 Å². The normalized spacial score (nSPS) is 31.5. The van der Waals surface area contributed by atoms with Crippen LogP contribution in [0.2, 0.25) is 5.02 Å². The molecule has 22 atom stereocenters. The molecule has 38 nitrogen and oxygen atoms in total. The second kappa shape index (κ2) is 38.6. The van der Waals surface area contributed by atoms with Crippen LogP contribution in [0.3, 0.4) is 0 Å². The fourth-order valence-corrected chi connectivity index (χ4v) is 17.9. The number of ether oxygens (including phenoxy) is 8. The Hall–Kier alpha value is -10.1. The van der Waals surface area contributed by atoms with Gasteiger partial charge in [-0.1, -0.05) is 88.2 Å². The van der Waals surface area contributed by atoms with Crippen molar-refractivity contribution in [3.05, 3.63) is 118 Å². The van der Waals surface area contributed by atoms with Crippen molar-refractivity contribution >= 4 is 64.9 Å². The van der Waals surface area contributed by atoms with E-state index < -0.39 is 262 Å². The number of rotatable bonds is 17. The van der Waals surface area contributed by atoms with Crippen LogP contribution >= 0.6 is 11.6 Å². The molecule has 10 aliphatic rings. The van der Waals surface area contributed by atoms with Crippen molar-refractivity contribution in [3.8, 4) is 57.1 Å². The number of aliphatic hydroxyl groups is 6. The number of hydrogen-bond donors (Lipinski definition) is 20. The molecule has 10 amide bonds. The first-order valence-electron chi connectivity index (χ1n) is 42.1. The van der Waals surface area contributed by atoms with Gasteiger partial charge in [-0.2, -0.15) is 0 Å². The fourth-order valence-electron chi connectivity index (χ4n) is 17.6. The van der Waals surface area contributed by atoms with Crippen LogP contribution < -0.4 is 73.9 Å². The highest BCUT2D eigenvalue weighted by atomic mass is 35.5. The smallest absolute Gasteiger partial charge is 0.324 e.